The highest BCUT2D eigenvalue weighted by Gasteiger charge is 2.60. The Morgan fingerprint density at radius 2 is 2.12 bits per heavy atom. The minimum absolute atomic E-state index is 0.0874. The molecule has 0 aromatic carbocycles. The Bertz CT molecular complexity index is 633. The summed E-state index contributed by atoms with van der Waals surface area (Å²) in [6.07, 6.45) is 0.116. The Balaban J connectivity index is 1.83. The minimum atomic E-state index is -1.08. The second-order valence-corrected chi connectivity index (χ2v) is 8.17. The minimum Gasteiger partial charge on any atom is -0.477 e. The molecule has 24 heavy (non-hydrogen) atoms. The number of amides is 1. The predicted octanol–water partition coefficient (Wildman–Crippen LogP) is 0.945. The number of thioether (sulfide) groups is 1. The molecule has 0 radical (unpaired) electrons. The number of nitrogens with one attached hydrogen (secondary N) is 1. The molecular formula is C16H23N3O4S. The number of nitrogens with zero attached hydrogens (tertiary/aromatic N) is 2. The van der Waals surface area contributed by atoms with Gasteiger partial charge in [0.15, 0.2) is 0 Å². The average molecular weight is 353 g/mol. The molecule has 0 spiro atoms. The van der Waals surface area contributed by atoms with Gasteiger partial charge in [0.05, 0.1) is 23.9 Å². The second kappa shape index (κ2) is 6.07. The predicted molar refractivity (Wildman–Crippen MR) is 90.6 cm³/mol. The number of aliphatic carboxylic acids is 1. The van der Waals surface area contributed by atoms with E-state index in [0.29, 0.717) is 5.84 Å². The normalized spacial score (nSPS) is 33.6. The van der Waals surface area contributed by atoms with Crippen molar-refractivity contribution in [2.45, 2.75) is 44.6 Å². The van der Waals surface area contributed by atoms with Crippen LogP contribution >= 0.6 is 11.8 Å². The van der Waals surface area contributed by atoms with E-state index in [1.54, 1.807) is 13.8 Å². The number of carboxylic acid groups (broad SMARTS) is 1. The van der Waals surface area contributed by atoms with Crippen molar-refractivity contribution in [3.05, 3.63) is 10.6 Å². The lowest BCUT2D eigenvalue weighted by Crippen LogP contribution is -2.63. The number of carboxylic acids is 1. The van der Waals surface area contributed by atoms with Crippen molar-refractivity contribution >= 4 is 29.5 Å². The smallest absolute Gasteiger partial charge is 0.353 e. The summed E-state index contributed by atoms with van der Waals surface area (Å²) < 4.78 is 0. The van der Waals surface area contributed by atoms with E-state index in [2.05, 4.69) is 0 Å². The van der Waals surface area contributed by atoms with Gasteiger partial charge in [-0.1, -0.05) is 6.92 Å². The molecule has 0 bridgehead atoms. The fourth-order valence-electron chi connectivity index (χ4n) is 3.99. The van der Waals surface area contributed by atoms with Crippen molar-refractivity contribution in [3.63, 3.8) is 0 Å². The summed E-state index contributed by atoms with van der Waals surface area (Å²) in [4.78, 5) is 28.1. The van der Waals surface area contributed by atoms with Crippen LogP contribution in [0.25, 0.3) is 0 Å². The number of hydrogen-bond acceptors (Lipinski definition) is 5. The van der Waals surface area contributed by atoms with Gasteiger partial charge < -0.3 is 20.0 Å². The number of amidine groups is 1. The van der Waals surface area contributed by atoms with E-state index in [1.165, 1.54) is 16.7 Å². The highest BCUT2D eigenvalue weighted by molar-refractivity contribution is 8.03. The van der Waals surface area contributed by atoms with Crippen molar-refractivity contribution in [2.75, 3.05) is 13.1 Å². The molecule has 0 aliphatic carbocycles. The first-order valence-corrected chi connectivity index (χ1v) is 9.07. The van der Waals surface area contributed by atoms with E-state index >= 15 is 0 Å². The maximum Gasteiger partial charge on any atom is 0.353 e. The van der Waals surface area contributed by atoms with Crippen LogP contribution in [0.15, 0.2) is 10.6 Å². The third-order valence-corrected chi connectivity index (χ3v) is 6.76. The van der Waals surface area contributed by atoms with Crippen molar-refractivity contribution in [3.8, 4) is 0 Å². The number of β-lactam (4-membered cyclic amide) rings is 1. The molecule has 3 N–H and O–H groups in total. The molecular weight excluding hydrogens is 330 g/mol. The molecule has 3 aliphatic heterocycles. The molecule has 2 saturated heterocycles. The Kier molecular flexibility index (Phi) is 4.37. The van der Waals surface area contributed by atoms with Crippen molar-refractivity contribution < 1.29 is 19.8 Å². The van der Waals surface area contributed by atoms with Gasteiger partial charge in [-0.25, -0.2) is 4.79 Å². The largest absolute Gasteiger partial charge is 0.477 e. The van der Waals surface area contributed by atoms with Crippen LogP contribution in [0.1, 0.15) is 27.2 Å². The van der Waals surface area contributed by atoms with E-state index in [-0.39, 0.29) is 28.8 Å². The number of carbonyl (C=O) groups excluding carboxylic acids is 1. The Hall–Kier alpha value is -1.54. The van der Waals surface area contributed by atoms with Gasteiger partial charge in [0.2, 0.25) is 5.91 Å². The fourth-order valence-corrected chi connectivity index (χ4v) is 5.48. The number of aliphatic hydroxyl groups excluding tert-OH is 1. The SMILES string of the molecule is CC(=N)N1CC[C@@H](SC2=C(C(=O)O)N3C(=O)[C@@H](C(C)O)[C@@H]3C2C)C1. The zero-order chi connectivity index (χ0) is 17.8. The third-order valence-electron chi connectivity index (χ3n) is 5.22. The number of carbonyl (C=O) groups is 2. The van der Waals surface area contributed by atoms with E-state index in [9.17, 15) is 19.8 Å². The highest BCUT2D eigenvalue weighted by atomic mass is 32.2. The summed E-state index contributed by atoms with van der Waals surface area (Å²) in [5.74, 6) is -1.45. The quantitative estimate of drug-likeness (QED) is 0.395. The van der Waals surface area contributed by atoms with E-state index < -0.39 is 18.0 Å². The third kappa shape index (κ3) is 2.52. The van der Waals surface area contributed by atoms with Crippen LogP contribution in [-0.2, 0) is 9.59 Å². The van der Waals surface area contributed by atoms with Crippen LogP contribution in [0.2, 0.25) is 0 Å². The second-order valence-electron chi connectivity index (χ2n) is 6.83. The van der Waals surface area contributed by atoms with Crippen LogP contribution in [0.5, 0.6) is 0 Å². The number of hydrogen-bond donors (Lipinski definition) is 3. The Morgan fingerprint density at radius 1 is 1.46 bits per heavy atom. The summed E-state index contributed by atoms with van der Waals surface area (Å²) in [5.41, 5.74) is 0.0874. The lowest BCUT2D eigenvalue weighted by atomic mass is 9.79. The maximum atomic E-state index is 12.3. The number of rotatable bonds is 4. The highest BCUT2D eigenvalue weighted by Crippen LogP contribution is 2.51. The van der Waals surface area contributed by atoms with Crippen molar-refractivity contribution in [1.29, 1.82) is 5.41 Å². The molecule has 3 heterocycles. The van der Waals surface area contributed by atoms with Gasteiger partial charge in [-0.15, -0.1) is 11.8 Å². The lowest BCUT2D eigenvalue weighted by molar-refractivity contribution is -0.163. The first-order chi connectivity index (χ1) is 11.2. The first kappa shape index (κ1) is 17.3. The van der Waals surface area contributed by atoms with E-state index in [1.807, 2.05) is 11.8 Å². The van der Waals surface area contributed by atoms with Gasteiger partial charge in [0, 0.05) is 29.2 Å². The molecule has 5 atom stereocenters. The number of aliphatic hydroxyl groups is 1. The van der Waals surface area contributed by atoms with Gasteiger partial charge in [-0.05, 0) is 20.3 Å². The molecule has 3 aliphatic rings. The number of fused-ring (bicyclic) bond motifs is 1. The van der Waals surface area contributed by atoms with Crippen LogP contribution < -0.4 is 0 Å². The molecule has 1 amide bonds. The Morgan fingerprint density at radius 3 is 2.62 bits per heavy atom. The topological polar surface area (TPSA) is 105 Å². The summed E-state index contributed by atoms with van der Waals surface area (Å²) in [7, 11) is 0. The molecule has 7 nitrogen and oxygen atoms in total. The standard InChI is InChI=1S/C16H23N3O4S/c1-7-12-11(8(2)20)15(21)19(12)13(16(22)23)14(7)24-10-4-5-18(6-10)9(3)17/h7-8,10-12,17,20H,4-6H2,1-3H3,(H,22,23)/t7?,8?,10-,11+,12+/m1/s1. The van der Waals surface area contributed by atoms with Gasteiger partial charge >= 0.3 is 5.97 Å². The molecule has 0 aromatic rings. The van der Waals surface area contributed by atoms with Crippen molar-refractivity contribution in [2.24, 2.45) is 11.8 Å². The van der Waals surface area contributed by atoms with E-state index in [4.69, 9.17) is 5.41 Å². The monoisotopic (exact) mass is 353 g/mol. The van der Waals surface area contributed by atoms with Crippen LogP contribution in [0.3, 0.4) is 0 Å². The molecule has 8 heteroatoms. The number of likely N-dealkylation sites (tertiary alicyclic amines) is 1. The summed E-state index contributed by atoms with van der Waals surface area (Å²) >= 11 is 1.53. The summed E-state index contributed by atoms with van der Waals surface area (Å²) in [6.45, 7) is 6.80. The van der Waals surface area contributed by atoms with Crippen LogP contribution in [0.4, 0.5) is 0 Å². The van der Waals surface area contributed by atoms with Crippen molar-refractivity contribution in [1.82, 2.24) is 9.80 Å². The lowest BCUT2D eigenvalue weighted by Gasteiger charge is -2.46. The molecule has 0 aromatic heterocycles. The summed E-state index contributed by atoms with van der Waals surface area (Å²) in [5, 5.41) is 27.4. The molecule has 2 fully saturated rings. The molecule has 3 rings (SSSR count). The van der Waals surface area contributed by atoms with Gasteiger partial charge in [-0.2, -0.15) is 0 Å². The van der Waals surface area contributed by atoms with Crippen LogP contribution in [-0.4, -0.2) is 68.2 Å². The molecule has 0 saturated carbocycles. The zero-order valence-electron chi connectivity index (χ0n) is 14.0. The average Bonchev–Trinajstić information content (AvgIpc) is 3.03. The zero-order valence-corrected chi connectivity index (χ0v) is 14.8. The Labute approximate surface area is 145 Å². The molecule has 132 valence electrons. The maximum absolute atomic E-state index is 12.3. The summed E-state index contributed by atoms with van der Waals surface area (Å²) in [6, 6.07) is -0.256. The van der Waals surface area contributed by atoms with E-state index in [0.717, 1.165) is 24.4 Å². The first-order valence-electron chi connectivity index (χ1n) is 8.19. The molecule has 2 unspecified atom stereocenters. The van der Waals surface area contributed by atoms with Gasteiger partial charge in [0.25, 0.3) is 0 Å². The van der Waals surface area contributed by atoms with Crippen LogP contribution in [0, 0.1) is 17.2 Å². The fraction of sp³-hybridized carbons (Fsp3) is 0.688. The van der Waals surface area contributed by atoms with Gasteiger partial charge in [0.1, 0.15) is 5.70 Å². The van der Waals surface area contributed by atoms with Gasteiger partial charge in [-0.3, -0.25) is 10.2 Å².